The first-order valence-electron chi connectivity index (χ1n) is 11.3. The molecule has 0 bridgehead atoms. The van der Waals surface area contributed by atoms with Crippen molar-refractivity contribution in [3.8, 4) is 17.1 Å². The fraction of sp³-hybridized carbons (Fsp3) is 0.400. The number of hydrogen-bond acceptors (Lipinski definition) is 5. The lowest BCUT2D eigenvalue weighted by Crippen LogP contribution is -2.35. The highest BCUT2D eigenvalue weighted by molar-refractivity contribution is 7.71. The highest BCUT2D eigenvalue weighted by Gasteiger charge is 2.16. The minimum absolute atomic E-state index is 0.0841. The van der Waals surface area contributed by atoms with E-state index < -0.39 is 0 Å². The maximum absolute atomic E-state index is 13.0. The van der Waals surface area contributed by atoms with E-state index in [1.165, 1.54) is 5.56 Å². The van der Waals surface area contributed by atoms with Crippen molar-refractivity contribution in [3.05, 3.63) is 64.9 Å². The van der Waals surface area contributed by atoms with Crippen molar-refractivity contribution >= 4 is 18.1 Å². The Morgan fingerprint density at radius 3 is 2.58 bits per heavy atom. The van der Waals surface area contributed by atoms with Gasteiger partial charge in [0.25, 0.3) is 0 Å². The van der Waals surface area contributed by atoms with Gasteiger partial charge >= 0.3 is 0 Å². The van der Waals surface area contributed by atoms with Gasteiger partial charge in [-0.05, 0) is 61.8 Å². The Bertz CT molecular complexity index is 1050. The molecule has 2 aromatic carbocycles. The number of H-pyrrole nitrogens is 1. The summed E-state index contributed by atoms with van der Waals surface area (Å²) in [7, 11) is 1.65. The molecule has 1 aromatic heterocycles. The zero-order valence-corrected chi connectivity index (χ0v) is 20.1. The zero-order chi connectivity index (χ0) is 23.5. The molecule has 3 rings (SSSR count). The highest BCUT2D eigenvalue weighted by Crippen LogP contribution is 2.21. The first-order chi connectivity index (χ1) is 16.1. The Balaban J connectivity index is 1.62. The van der Waals surface area contributed by atoms with Crippen LogP contribution in [-0.2, 0) is 22.5 Å². The summed E-state index contributed by atoms with van der Waals surface area (Å²) in [5.74, 6) is 1.60. The number of aromatic amines is 1. The minimum atomic E-state index is 0.0841. The molecular weight excluding hydrogens is 436 g/mol. The van der Waals surface area contributed by atoms with Crippen molar-refractivity contribution in [2.75, 3.05) is 33.4 Å². The minimum Gasteiger partial charge on any atom is -0.494 e. The van der Waals surface area contributed by atoms with Crippen LogP contribution in [0.2, 0.25) is 0 Å². The van der Waals surface area contributed by atoms with E-state index in [4.69, 9.17) is 21.7 Å². The number of aryl methyl sites for hydroxylation is 1. The number of rotatable bonds is 13. The fourth-order valence-electron chi connectivity index (χ4n) is 3.66. The second-order valence-corrected chi connectivity index (χ2v) is 8.06. The van der Waals surface area contributed by atoms with Gasteiger partial charge in [0.1, 0.15) is 5.75 Å². The molecule has 1 N–H and O–H groups in total. The number of ether oxygens (including phenoxy) is 2. The van der Waals surface area contributed by atoms with E-state index in [1.54, 1.807) is 7.11 Å². The molecule has 0 radical (unpaired) electrons. The number of aromatic nitrogens is 3. The van der Waals surface area contributed by atoms with E-state index in [-0.39, 0.29) is 5.91 Å². The van der Waals surface area contributed by atoms with Crippen LogP contribution >= 0.6 is 12.2 Å². The van der Waals surface area contributed by atoms with Gasteiger partial charge in [0.05, 0.1) is 13.2 Å². The number of carbonyl (C=O) groups excluding carboxylic acids is 1. The molecule has 0 spiro atoms. The summed E-state index contributed by atoms with van der Waals surface area (Å²) in [6.45, 7) is 4.81. The summed E-state index contributed by atoms with van der Waals surface area (Å²) in [6.07, 6.45) is 2.18. The van der Waals surface area contributed by atoms with E-state index in [1.807, 2.05) is 58.9 Å². The molecule has 0 atom stereocenters. The molecule has 0 aliphatic heterocycles. The summed E-state index contributed by atoms with van der Waals surface area (Å²) in [5, 5.41) is 7.23. The average molecular weight is 469 g/mol. The third-order valence-electron chi connectivity index (χ3n) is 5.39. The summed E-state index contributed by atoms with van der Waals surface area (Å²) in [4.78, 5) is 14.9. The zero-order valence-electron chi connectivity index (χ0n) is 19.3. The third kappa shape index (κ3) is 7.27. The molecule has 7 nitrogen and oxygen atoms in total. The van der Waals surface area contributed by atoms with E-state index in [0.29, 0.717) is 49.9 Å². The van der Waals surface area contributed by atoms with Crippen molar-refractivity contribution in [2.45, 2.75) is 32.7 Å². The van der Waals surface area contributed by atoms with Crippen LogP contribution in [0, 0.1) is 4.77 Å². The van der Waals surface area contributed by atoms with Gasteiger partial charge in [0.2, 0.25) is 5.91 Å². The van der Waals surface area contributed by atoms with Crippen LogP contribution in [0.1, 0.15) is 25.3 Å². The molecule has 1 amide bonds. The van der Waals surface area contributed by atoms with Gasteiger partial charge in [0, 0.05) is 38.7 Å². The van der Waals surface area contributed by atoms with Crippen LogP contribution in [-0.4, -0.2) is 59.0 Å². The molecular formula is C25H32N4O3S. The lowest BCUT2D eigenvalue weighted by molar-refractivity contribution is -0.132. The van der Waals surface area contributed by atoms with Crippen LogP contribution in [0.25, 0.3) is 11.4 Å². The number of benzene rings is 2. The first-order valence-corrected chi connectivity index (χ1v) is 11.7. The summed E-state index contributed by atoms with van der Waals surface area (Å²) in [5.41, 5.74) is 2.19. The number of methoxy groups -OCH3 is 1. The fourth-order valence-corrected chi connectivity index (χ4v) is 3.88. The van der Waals surface area contributed by atoms with Crippen LogP contribution in [0.4, 0.5) is 0 Å². The van der Waals surface area contributed by atoms with Crippen LogP contribution < -0.4 is 4.74 Å². The largest absolute Gasteiger partial charge is 0.494 e. The van der Waals surface area contributed by atoms with Crippen molar-refractivity contribution in [1.29, 1.82) is 0 Å². The van der Waals surface area contributed by atoms with E-state index in [9.17, 15) is 4.79 Å². The van der Waals surface area contributed by atoms with Crippen molar-refractivity contribution < 1.29 is 14.3 Å². The second kappa shape index (κ2) is 12.9. The Hall–Kier alpha value is -2.97. The topological polar surface area (TPSA) is 72.4 Å². The predicted octanol–water partition coefficient (Wildman–Crippen LogP) is 4.50. The van der Waals surface area contributed by atoms with Crippen LogP contribution in [0.15, 0.2) is 54.6 Å². The molecule has 0 saturated carbocycles. The quantitative estimate of drug-likeness (QED) is 0.374. The predicted molar refractivity (Wildman–Crippen MR) is 132 cm³/mol. The van der Waals surface area contributed by atoms with E-state index >= 15 is 0 Å². The first kappa shape index (κ1) is 24.7. The average Bonchev–Trinajstić information content (AvgIpc) is 3.21. The summed E-state index contributed by atoms with van der Waals surface area (Å²) < 4.78 is 13.1. The Kier molecular flexibility index (Phi) is 9.65. The van der Waals surface area contributed by atoms with E-state index in [2.05, 4.69) is 22.3 Å². The molecule has 33 heavy (non-hydrogen) atoms. The third-order valence-corrected chi connectivity index (χ3v) is 5.70. The molecule has 0 aliphatic carbocycles. The molecule has 8 heteroatoms. The maximum Gasteiger partial charge on any atom is 0.224 e. The molecule has 0 aliphatic rings. The maximum atomic E-state index is 13.0. The Labute approximate surface area is 200 Å². The van der Waals surface area contributed by atoms with Crippen molar-refractivity contribution in [1.82, 2.24) is 19.7 Å². The number of nitrogens with one attached hydrogen (secondary N) is 1. The number of nitrogens with zero attached hydrogens (tertiary/aromatic N) is 3. The van der Waals surface area contributed by atoms with Gasteiger partial charge in [-0.3, -0.25) is 14.5 Å². The molecule has 3 aromatic rings. The van der Waals surface area contributed by atoms with Crippen molar-refractivity contribution in [3.63, 3.8) is 0 Å². The number of hydrogen-bond donors (Lipinski definition) is 1. The lowest BCUT2D eigenvalue weighted by Gasteiger charge is -2.23. The summed E-state index contributed by atoms with van der Waals surface area (Å²) in [6, 6.07) is 18.0. The Morgan fingerprint density at radius 2 is 1.88 bits per heavy atom. The second-order valence-electron chi connectivity index (χ2n) is 7.67. The molecule has 0 saturated heterocycles. The normalized spacial score (nSPS) is 10.8. The standard InChI is InChI=1S/C25H32N4O3S/c1-3-32-22-13-11-21(12-14-22)24-26-27-25(33)29(24)17-15-23(30)28(18-19-31-2)16-7-10-20-8-5-4-6-9-20/h4-6,8-9,11-14H,3,7,10,15-19H2,1-2H3,(H,27,33). The van der Waals surface area contributed by atoms with Crippen LogP contribution in [0.5, 0.6) is 5.75 Å². The van der Waals surface area contributed by atoms with Gasteiger partial charge in [-0.1, -0.05) is 30.3 Å². The van der Waals surface area contributed by atoms with E-state index in [0.717, 1.165) is 24.2 Å². The van der Waals surface area contributed by atoms with Gasteiger partial charge in [-0.25, -0.2) is 0 Å². The molecule has 0 fully saturated rings. The molecule has 1 heterocycles. The highest BCUT2D eigenvalue weighted by atomic mass is 32.1. The van der Waals surface area contributed by atoms with Gasteiger partial charge < -0.3 is 14.4 Å². The number of carbonyl (C=O) groups is 1. The lowest BCUT2D eigenvalue weighted by atomic mass is 10.1. The Morgan fingerprint density at radius 1 is 1.12 bits per heavy atom. The molecule has 0 unspecified atom stereocenters. The smallest absolute Gasteiger partial charge is 0.224 e. The van der Waals surface area contributed by atoms with Gasteiger partial charge in [-0.15, -0.1) is 0 Å². The van der Waals surface area contributed by atoms with Gasteiger partial charge in [-0.2, -0.15) is 5.10 Å². The van der Waals surface area contributed by atoms with Crippen molar-refractivity contribution in [2.24, 2.45) is 0 Å². The number of amides is 1. The monoisotopic (exact) mass is 468 g/mol. The summed E-state index contributed by atoms with van der Waals surface area (Å²) >= 11 is 5.43. The van der Waals surface area contributed by atoms with Crippen LogP contribution in [0.3, 0.4) is 0 Å². The SMILES string of the molecule is CCOc1ccc(-c2n[nH]c(=S)n2CCC(=O)N(CCCc2ccccc2)CCOC)cc1. The molecule has 176 valence electrons. The van der Waals surface area contributed by atoms with Gasteiger partial charge in [0.15, 0.2) is 10.6 Å².